The molecule has 3 N–H and O–H groups in total. The van der Waals surface area contributed by atoms with Gasteiger partial charge in [-0.2, -0.15) is 0 Å². The van der Waals surface area contributed by atoms with Gasteiger partial charge < -0.3 is 20.3 Å². The van der Waals surface area contributed by atoms with Crippen molar-refractivity contribution in [3.8, 4) is 0 Å². The smallest absolute Gasteiger partial charge is 0.305 e. The summed E-state index contributed by atoms with van der Waals surface area (Å²) in [5.41, 5.74) is 0. The van der Waals surface area contributed by atoms with Crippen LogP contribution in [0.5, 0.6) is 0 Å². The number of nitrogens with one attached hydrogen (secondary N) is 1. The molecule has 6 nitrogen and oxygen atoms in total. The molecule has 0 saturated heterocycles. The van der Waals surface area contributed by atoms with E-state index in [1.54, 1.807) is 6.08 Å². The normalized spacial score (nSPS) is 12.8. The Balaban J connectivity index is 3.50. The van der Waals surface area contributed by atoms with E-state index in [1.807, 2.05) is 6.08 Å². The molecule has 0 aliphatic heterocycles. The average molecular weight is 903 g/mol. The van der Waals surface area contributed by atoms with E-state index in [0.29, 0.717) is 19.4 Å². The molecule has 2 unspecified atom stereocenters. The minimum Gasteiger partial charge on any atom is -0.466 e. The highest BCUT2D eigenvalue weighted by molar-refractivity contribution is 5.76. The number of unbranched alkanes of at least 4 members (excludes halogenated alkanes) is 40. The molecule has 0 aromatic carbocycles. The topological polar surface area (TPSA) is 95.9 Å². The summed E-state index contributed by atoms with van der Waals surface area (Å²) in [6.45, 7) is 4.89. The molecule has 1 amide bonds. The van der Waals surface area contributed by atoms with Gasteiger partial charge in [-0.05, 0) is 57.8 Å². The minimum absolute atomic E-state index is 0.00298. The molecule has 0 aromatic rings. The first kappa shape index (κ1) is 62.3. The summed E-state index contributed by atoms with van der Waals surface area (Å²) in [7, 11) is 0. The van der Waals surface area contributed by atoms with Crippen LogP contribution in [0.25, 0.3) is 0 Å². The Morgan fingerprint density at radius 3 is 1.11 bits per heavy atom. The minimum atomic E-state index is -0.855. The van der Waals surface area contributed by atoms with Crippen molar-refractivity contribution in [1.82, 2.24) is 5.32 Å². The first-order chi connectivity index (χ1) is 31.5. The van der Waals surface area contributed by atoms with E-state index in [2.05, 4.69) is 31.3 Å². The first-order valence-electron chi connectivity index (χ1n) is 28.6. The van der Waals surface area contributed by atoms with Crippen molar-refractivity contribution in [2.24, 2.45) is 0 Å². The standard InChI is InChI=1S/C58H111NO5/c1-3-5-7-9-11-13-15-17-18-19-20-21-24-27-30-34-38-42-46-50-56(61)55(54-60)59-57(62)51-47-43-39-35-31-28-25-22-23-26-29-33-37-41-45-49-53-64-58(63)52-48-44-40-36-32-16-14-12-10-8-6-4-2/h22,25,46,50,55-56,60-61H,3-21,23-24,26-45,47-49,51-54H2,1-2H3,(H,59,62)/b25-22-,50-46+. The highest BCUT2D eigenvalue weighted by Gasteiger charge is 2.18. The maximum atomic E-state index is 12.5. The van der Waals surface area contributed by atoms with Crippen LogP contribution in [-0.4, -0.2) is 47.4 Å². The second-order valence-corrected chi connectivity index (χ2v) is 19.6. The van der Waals surface area contributed by atoms with Crippen LogP contribution in [0.2, 0.25) is 0 Å². The lowest BCUT2D eigenvalue weighted by Gasteiger charge is -2.20. The van der Waals surface area contributed by atoms with Crippen LogP contribution < -0.4 is 5.32 Å². The van der Waals surface area contributed by atoms with Crippen LogP contribution in [0.15, 0.2) is 24.3 Å². The summed E-state index contributed by atoms with van der Waals surface area (Å²) >= 11 is 0. The number of ether oxygens (including phenoxy) is 1. The van der Waals surface area contributed by atoms with Crippen LogP contribution >= 0.6 is 0 Å². The molecule has 64 heavy (non-hydrogen) atoms. The lowest BCUT2D eigenvalue weighted by molar-refractivity contribution is -0.143. The molecule has 2 atom stereocenters. The fourth-order valence-corrected chi connectivity index (χ4v) is 8.81. The number of hydrogen-bond acceptors (Lipinski definition) is 5. The molecule has 0 radical (unpaired) electrons. The number of aliphatic hydroxyl groups is 2. The third-order valence-corrected chi connectivity index (χ3v) is 13.2. The third-order valence-electron chi connectivity index (χ3n) is 13.2. The number of rotatable bonds is 53. The zero-order chi connectivity index (χ0) is 46.5. The van der Waals surface area contributed by atoms with Gasteiger partial charge in [0.25, 0.3) is 0 Å². The van der Waals surface area contributed by atoms with Gasteiger partial charge in [0, 0.05) is 12.8 Å². The van der Waals surface area contributed by atoms with Crippen LogP contribution in [0, 0.1) is 0 Å². The average Bonchev–Trinajstić information content (AvgIpc) is 3.29. The molecule has 0 heterocycles. The summed E-state index contributed by atoms with van der Waals surface area (Å²) in [4.78, 5) is 24.5. The number of amides is 1. The van der Waals surface area contributed by atoms with E-state index in [4.69, 9.17) is 4.74 Å². The van der Waals surface area contributed by atoms with Crippen molar-refractivity contribution >= 4 is 11.9 Å². The highest BCUT2D eigenvalue weighted by atomic mass is 16.5. The predicted octanol–water partition coefficient (Wildman–Crippen LogP) is 17.5. The van der Waals surface area contributed by atoms with Crippen molar-refractivity contribution in [1.29, 1.82) is 0 Å². The van der Waals surface area contributed by atoms with E-state index in [1.165, 1.54) is 218 Å². The van der Waals surface area contributed by atoms with Crippen molar-refractivity contribution in [2.75, 3.05) is 13.2 Å². The lowest BCUT2D eigenvalue weighted by atomic mass is 10.0. The highest BCUT2D eigenvalue weighted by Crippen LogP contribution is 2.17. The third kappa shape index (κ3) is 49.8. The van der Waals surface area contributed by atoms with Gasteiger partial charge in [0.15, 0.2) is 0 Å². The first-order valence-corrected chi connectivity index (χ1v) is 28.6. The SMILES string of the molecule is CCCCCCCCCCCCCCCCCCC/C=C/C(O)C(CO)NC(=O)CCCCCCC/C=C\CCCCCCCCCOC(=O)CCCCCCCCCCCCCC. The van der Waals surface area contributed by atoms with Gasteiger partial charge in [0.1, 0.15) is 0 Å². The molecular formula is C58H111NO5. The molecule has 0 aliphatic rings. The number of carbonyl (C=O) groups is 2. The van der Waals surface area contributed by atoms with E-state index < -0.39 is 12.1 Å². The molecule has 0 bridgehead atoms. The molecule has 0 saturated carbocycles. The zero-order valence-corrected chi connectivity index (χ0v) is 43.0. The van der Waals surface area contributed by atoms with E-state index >= 15 is 0 Å². The van der Waals surface area contributed by atoms with Crippen molar-refractivity contribution < 1.29 is 24.5 Å². The zero-order valence-electron chi connectivity index (χ0n) is 43.0. The van der Waals surface area contributed by atoms with Gasteiger partial charge in [0.2, 0.25) is 5.91 Å². The van der Waals surface area contributed by atoms with Crippen LogP contribution in [0.4, 0.5) is 0 Å². The molecule has 0 rings (SSSR count). The Hall–Kier alpha value is -1.66. The summed E-state index contributed by atoms with van der Waals surface area (Å²) in [6.07, 6.45) is 64.8. The predicted molar refractivity (Wildman–Crippen MR) is 278 cm³/mol. The van der Waals surface area contributed by atoms with Crippen LogP contribution in [-0.2, 0) is 14.3 Å². The van der Waals surface area contributed by atoms with E-state index in [9.17, 15) is 19.8 Å². The van der Waals surface area contributed by atoms with E-state index in [-0.39, 0.29) is 18.5 Å². The Morgan fingerprint density at radius 1 is 0.422 bits per heavy atom. The Labute approximate surface area is 399 Å². The second-order valence-electron chi connectivity index (χ2n) is 19.6. The molecule has 0 aliphatic carbocycles. The van der Waals surface area contributed by atoms with Gasteiger partial charge in [-0.1, -0.05) is 263 Å². The number of carbonyl (C=O) groups excluding carboxylic acids is 2. The number of hydrogen-bond donors (Lipinski definition) is 3. The summed E-state index contributed by atoms with van der Waals surface area (Å²) in [5, 5.41) is 23.1. The van der Waals surface area contributed by atoms with Gasteiger partial charge in [-0.25, -0.2) is 0 Å². The number of esters is 1. The maximum Gasteiger partial charge on any atom is 0.305 e. The number of aliphatic hydroxyl groups excluding tert-OH is 2. The van der Waals surface area contributed by atoms with Gasteiger partial charge in [-0.15, -0.1) is 0 Å². The quantitative estimate of drug-likeness (QED) is 0.0321. The molecule has 0 spiro atoms. The van der Waals surface area contributed by atoms with Crippen molar-refractivity contribution in [3.63, 3.8) is 0 Å². The maximum absolute atomic E-state index is 12.5. The molecular weight excluding hydrogens is 791 g/mol. The summed E-state index contributed by atoms with van der Waals surface area (Å²) < 4.78 is 5.46. The largest absolute Gasteiger partial charge is 0.466 e. The summed E-state index contributed by atoms with van der Waals surface area (Å²) in [5.74, 6) is -0.0859. The van der Waals surface area contributed by atoms with Crippen LogP contribution in [0.3, 0.4) is 0 Å². The lowest BCUT2D eigenvalue weighted by Crippen LogP contribution is -2.45. The fourth-order valence-electron chi connectivity index (χ4n) is 8.81. The van der Waals surface area contributed by atoms with E-state index in [0.717, 1.165) is 64.2 Å². The van der Waals surface area contributed by atoms with Gasteiger partial charge >= 0.3 is 5.97 Å². The monoisotopic (exact) mass is 902 g/mol. The van der Waals surface area contributed by atoms with Crippen molar-refractivity contribution in [2.45, 2.75) is 321 Å². The van der Waals surface area contributed by atoms with Gasteiger partial charge in [0.05, 0.1) is 25.4 Å². The number of allylic oxidation sites excluding steroid dienone is 3. The Bertz CT molecular complexity index is 997. The molecule has 378 valence electrons. The second kappa shape index (κ2) is 54.0. The fraction of sp³-hybridized carbons (Fsp3) is 0.897. The molecule has 0 fully saturated rings. The Morgan fingerprint density at radius 2 is 0.734 bits per heavy atom. The Kier molecular flexibility index (Phi) is 52.6. The molecule has 6 heteroatoms. The molecule has 0 aromatic heterocycles. The van der Waals surface area contributed by atoms with Crippen LogP contribution in [0.1, 0.15) is 309 Å². The summed E-state index contributed by atoms with van der Waals surface area (Å²) in [6, 6.07) is -0.640. The van der Waals surface area contributed by atoms with Crippen molar-refractivity contribution in [3.05, 3.63) is 24.3 Å². The van der Waals surface area contributed by atoms with Gasteiger partial charge in [-0.3, -0.25) is 9.59 Å².